The molecule has 1 radical (unpaired) electrons. The van der Waals surface area contributed by atoms with E-state index >= 15 is 0 Å². The molecule has 42 heavy (non-hydrogen) atoms. The molecule has 227 valence electrons. The van der Waals surface area contributed by atoms with Gasteiger partial charge < -0.3 is 20.1 Å². The molecule has 1 amide bonds. The standard InChI is InChI=1S/C34H46FN4O3/c1-5-29(40)20-30(41)15-18-39-32(23(2)3)31(37-33(39)27-9-11-28(35)12-10-27)34(42)36-21-25-7-6-8-26(19-25)22-38-16-13-24(4)14-17-38/h6-12,19,23-24,29-30,40-41H,1,5,13-18,20-22H2,2-4H3,(H,36,42). The molecule has 2 heterocycles. The van der Waals surface area contributed by atoms with Crippen molar-refractivity contribution in [1.29, 1.82) is 0 Å². The van der Waals surface area contributed by atoms with Crippen LogP contribution in [-0.4, -0.2) is 55.9 Å². The van der Waals surface area contributed by atoms with Gasteiger partial charge in [-0.05, 0) is 92.4 Å². The van der Waals surface area contributed by atoms with Crippen LogP contribution in [0, 0.1) is 18.7 Å². The van der Waals surface area contributed by atoms with Crippen LogP contribution in [0.15, 0.2) is 48.5 Å². The van der Waals surface area contributed by atoms with E-state index in [0.717, 1.165) is 36.8 Å². The van der Waals surface area contributed by atoms with E-state index in [1.807, 2.05) is 30.5 Å². The lowest BCUT2D eigenvalue weighted by Gasteiger charge is -2.30. The zero-order valence-corrected chi connectivity index (χ0v) is 25.2. The molecule has 2 aromatic carbocycles. The Hall–Kier alpha value is -3.07. The molecule has 3 aromatic rings. The number of piperidine rings is 1. The lowest BCUT2D eigenvalue weighted by Crippen LogP contribution is -2.32. The van der Waals surface area contributed by atoms with Crippen molar-refractivity contribution in [2.75, 3.05) is 13.1 Å². The van der Waals surface area contributed by atoms with E-state index in [1.54, 1.807) is 12.1 Å². The molecule has 0 bridgehead atoms. The molecule has 0 aliphatic carbocycles. The number of aromatic nitrogens is 2. The zero-order valence-electron chi connectivity index (χ0n) is 25.2. The largest absolute Gasteiger partial charge is 0.393 e. The van der Waals surface area contributed by atoms with Crippen LogP contribution in [0.25, 0.3) is 11.4 Å². The summed E-state index contributed by atoms with van der Waals surface area (Å²) in [5.74, 6) is 0.678. The van der Waals surface area contributed by atoms with Gasteiger partial charge in [0.25, 0.3) is 5.91 Å². The van der Waals surface area contributed by atoms with Crippen LogP contribution >= 0.6 is 0 Å². The Kier molecular flexibility index (Phi) is 11.3. The average Bonchev–Trinajstić information content (AvgIpc) is 3.36. The van der Waals surface area contributed by atoms with Crippen LogP contribution in [0.1, 0.15) is 86.1 Å². The second-order valence-electron chi connectivity index (χ2n) is 12.1. The van der Waals surface area contributed by atoms with Crippen molar-refractivity contribution in [3.8, 4) is 11.4 Å². The number of nitrogens with one attached hydrogen (secondary N) is 1. The molecular weight excluding hydrogens is 531 g/mol. The molecule has 2 atom stereocenters. The molecule has 8 heteroatoms. The molecular formula is C34H46FN4O3. The predicted octanol–water partition coefficient (Wildman–Crippen LogP) is 5.70. The summed E-state index contributed by atoms with van der Waals surface area (Å²) in [7, 11) is 0. The topological polar surface area (TPSA) is 90.6 Å². The first-order valence-corrected chi connectivity index (χ1v) is 15.2. The molecule has 1 saturated heterocycles. The Bertz CT molecular complexity index is 1300. The van der Waals surface area contributed by atoms with Gasteiger partial charge >= 0.3 is 0 Å². The highest BCUT2D eigenvalue weighted by molar-refractivity contribution is 5.94. The van der Waals surface area contributed by atoms with Crippen LogP contribution in [0.5, 0.6) is 0 Å². The number of amides is 1. The maximum Gasteiger partial charge on any atom is 0.272 e. The number of halogens is 1. The lowest BCUT2D eigenvalue weighted by molar-refractivity contribution is 0.0742. The number of nitrogens with zero attached hydrogens (tertiary/aromatic N) is 3. The van der Waals surface area contributed by atoms with E-state index in [1.165, 1.54) is 30.5 Å². The summed E-state index contributed by atoms with van der Waals surface area (Å²) in [5, 5.41) is 23.6. The van der Waals surface area contributed by atoms with Gasteiger partial charge in [0.2, 0.25) is 0 Å². The van der Waals surface area contributed by atoms with Crippen molar-refractivity contribution in [2.24, 2.45) is 5.92 Å². The number of aliphatic hydroxyl groups excluding tert-OH is 2. The van der Waals surface area contributed by atoms with Crippen molar-refractivity contribution >= 4 is 5.91 Å². The van der Waals surface area contributed by atoms with Crippen LogP contribution in [0.2, 0.25) is 0 Å². The number of hydrogen-bond acceptors (Lipinski definition) is 5. The Morgan fingerprint density at radius 1 is 1.10 bits per heavy atom. The zero-order chi connectivity index (χ0) is 30.2. The normalized spacial score (nSPS) is 16.1. The number of imidazole rings is 1. The minimum Gasteiger partial charge on any atom is -0.393 e. The number of hydrogen-bond donors (Lipinski definition) is 3. The smallest absolute Gasteiger partial charge is 0.272 e. The van der Waals surface area contributed by atoms with Gasteiger partial charge in [-0.25, -0.2) is 9.37 Å². The van der Waals surface area contributed by atoms with E-state index in [9.17, 15) is 19.4 Å². The third-order valence-corrected chi connectivity index (χ3v) is 8.16. The monoisotopic (exact) mass is 577 g/mol. The fourth-order valence-corrected chi connectivity index (χ4v) is 5.67. The molecule has 1 aliphatic heterocycles. The quantitative estimate of drug-likeness (QED) is 0.243. The van der Waals surface area contributed by atoms with Crippen molar-refractivity contribution in [2.45, 2.75) is 90.6 Å². The second kappa shape index (κ2) is 14.9. The Morgan fingerprint density at radius 3 is 2.45 bits per heavy atom. The summed E-state index contributed by atoms with van der Waals surface area (Å²) >= 11 is 0. The minimum atomic E-state index is -0.733. The van der Waals surface area contributed by atoms with Crippen molar-refractivity contribution in [3.05, 3.63) is 83.8 Å². The van der Waals surface area contributed by atoms with Gasteiger partial charge in [-0.15, -0.1) is 0 Å². The highest BCUT2D eigenvalue weighted by Gasteiger charge is 2.26. The summed E-state index contributed by atoms with van der Waals surface area (Å²) in [5.41, 5.74) is 4.04. The Balaban J connectivity index is 1.53. The van der Waals surface area contributed by atoms with Crippen molar-refractivity contribution in [3.63, 3.8) is 0 Å². The van der Waals surface area contributed by atoms with Gasteiger partial charge in [-0.2, -0.15) is 0 Å². The summed E-state index contributed by atoms with van der Waals surface area (Å²) in [6, 6.07) is 14.4. The van der Waals surface area contributed by atoms with E-state index in [-0.39, 0.29) is 24.1 Å². The van der Waals surface area contributed by atoms with Gasteiger partial charge in [0.05, 0.1) is 17.9 Å². The molecule has 0 spiro atoms. The highest BCUT2D eigenvalue weighted by Crippen LogP contribution is 2.29. The second-order valence-corrected chi connectivity index (χ2v) is 12.1. The number of benzene rings is 2. The summed E-state index contributed by atoms with van der Waals surface area (Å²) in [6.07, 6.45) is 1.98. The first kappa shape index (κ1) is 31.9. The molecule has 7 nitrogen and oxygen atoms in total. The number of rotatable bonds is 13. The molecule has 0 saturated carbocycles. The third-order valence-electron chi connectivity index (χ3n) is 8.16. The maximum absolute atomic E-state index is 13.7. The summed E-state index contributed by atoms with van der Waals surface area (Å²) in [4.78, 5) is 20.9. The molecule has 1 fully saturated rings. The van der Waals surface area contributed by atoms with Crippen molar-refractivity contribution < 1.29 is 19.4 Å². The summed E-state index contributed by atoms with van der Waals surface area (Å²) < 4.78 is 15.7. The van der Waals surface area contributed by atoms with Crippen LogP contribution in [0.4, 0.5) is 4.39 Å². The van der Waals surface area contributed by atoms with E-state index < -0.39 is 12.2 Å². The van der Waals surface area contributed by atoms with Crippen molar-refractivity contribution in [1.82, 2.24) is 19.8 Å². The van der Waals surface area contributed by atoms with Crippen LogP contribution in [-0.2, 0) is 19.6 Å². The van der Waals surface area contributed by atoms with E-state index in [0.29, 0.717) is 43.0 Å². The maximum atomic E-state index is 13.7. The van der Waals surface area contributed by atoms with Gasteiger partial charge in [-0.3, -0.25) is 9.69 Å². The van der Waals surface area contributed by atoms with Gasteiger partial charge in [0, 0.05) is 25.2 Å². The van der Waals surface area contributed by atoms with Gasteiger partial charge in [0.15, 0.2) is 0 Å². The average molecular weight is 578 g/mol. The Labute approximate surface area is 249 Å². The van der Waals surface area contributed by atoms with Gasteiger partial charge in [-0.1, -0.05) is 52.0 Å². The fraction of sp³-hybridized carbons (Fsp3) is 0.500. The highest BCUT2D eigenvalue weighted by atomic mass is 19.1. The molecule has 4 rings (SSSR count). The predicted molar refractivity (Wildman–Crippen MR) is 164 cm³/mol. The summed E-state index contributed by atoms with van der Waals surface area (Å²) in [6.45, 7) is 13.9. The molecule has 2 unspecified atom stereocenters. The number of carbonyl (C=O) groups is 1. The number of aliphatic hydroxyl groups is 2. The first-order chi connectivity index (χ1) is 20.1. The van der Waals surface area contributed by atoms with E-state index in [4.69, 9.17) is 4.98 Å². The first-order valence-electron chi connectivity index (χ1n) is 15.2. The van der Waals surface area contributed by atoms with Crippen LogP contribution in [0.3, 0.4) is 0 Å². The molecule has 3 N–H and O–H groups in total. The SMILES string of the molecule is [CH2]CC(O)CC(O)CCn1c(-c2ccc(F)cc2)nc(C(=O)NCc2cccc(CN3CCC(C)CC3)c2)c1C(C)C. The van der Waals surface area contributed by atoms with E-state index in [2.05, 4.69) is 36.2 Å². The molecule has 1 aliphatic rings. The fourth-order valence-electron chi connectivity index (χ4n) is 5.67. The molecule has 1 aromatic heterocycles. The number of carbonyl (C=O) groups excluding carboxylic acids is 1. The number of likely N-dealkylation sites (tertiary alicyclic amines) is 1. The lowest BCUT2D eigenvalue weighted by atomic mass is 9.98. The third kappa shape index (κ3) is 8.49. The van der Waals surface area contributed by atoms with Gasteiger partial charge in [0.1, 0.15) is 17.3 Å². The van der Waals surface area contributed by atoms with Crippen LogP contribution < -0.4 is 5.32 Å². The minimum absolute atomic E-state index is 0.0365. The Morgan fingerprint density at radius 2 is 1.79 bits per heavy atom.